The second-order valence-corrected chi connectivity index (χ2v) is 3.62. The molecule has 0 aliphatic rings. The summed E-state index contributed by atoms with van der Waals surface area (Å²) in [7, 11) is 0. The topological polar surface area (TPSA) is 74.2 Å². The number of rotatable bonds is 3. The van der Waals surface area contributed by atoms with Crippen molar-refractivity contribution in [3.05, 3.63) is 41.2 Å². The third kappa shape index (κ3) is 3.09. The number of aryl methyl sites for hydroxylation is 1. The van der Waals surface area contributed by atoms with Crippen molar-refractivity contribution in [2.24, 2.45) is 5.73 Å². The van der Waals surface area contributed by atoms with E-state index in [1.54, 1.807) is 0 Å². The average molecular weight is 243 g/mol. The van der Waals surface area contributed by atoms with Crippen molar-refractivity contribution in [3.8, 4) is 17.6 Å². The Labute approximate surface area is 105 Å². The highest BCUT2D eigenvalue weighted by Gasteiger charge is 2.05. The highest BCUT2D eigenvalue weighted by atomic mass is 16.6. The van der Waals surface area contributed by atoms with Gasteiger partial charge in [-0.25, -0.2) is 4.63 Å². The molecule has 1 aromatic heterocycles. The van der Waals surface area contributed by atoms with Crippen LogP contribution in [0.2, 0.25) is 0 Å². The first-order valence-electron chi connectivity index (χ1n) is 5.49. The van der Waals surface area contributed by atoms with Crippen LogP contribution in [0.5, 0.6) is 5.75 Å². The first-order chi connectivity index (χ1) is 8.79. The minimum Gasteiger partial charge on any atom is -0.487 e. The second-order valence-electron chi connectivity index (χ2n) is 3.62. The molecule has 0 amide bonds. The van der Waals surface area contributed by atoms with Crippen LogP contribution in [0.15, 0.2) is 28.9 Å². The molecule has 0 unspecified atom stereocenters. The van der Waals surface area contributed by atoms with E-state index in [1.165, 1.54) is 0 Å². The van der Waals surface area contributed by atoms with Crippen LogP contribution in [0.3, 0.4) is 0 Å². The summed E-state index contributed by atoms with van der Waals surface area (Å²) in [4.78, 5) is 0. The maximum Gasteiger partial charge on any atom is 0.145 e. The molecule has 0 spiro atoms. The number of hydrogen-bond donors (Lipinski definition) is 1. The predicted molar refractivity (Wildman–Crippen MR) is 65.7 cm³/mol. The molecule has 1 heterocycles. The van der Waals surface area contributed by atoms with Gasteiger partial charge in [-0.15, -0.1) is 0 Å². The van der Waals surface area contributed by atoms with E-state index in [0.717, 1.165) is 17.0 Å². The van der Waals surface area contributed by atoms with Crippen LogP contribution >= 0.6 is 0 Å². The number of nitrogens with zero attached hydrogens (tertiary/aromatic N) is 2. The normalized spacial score (nSPS) is 9.67. The van der Waals surface area contributed by atoms with Gasteiger partial charge in [0, 0.05) is 5.56 Å². The lowest BCUT2D eigenvalue weighted by Gasteiger charge is -2.04. The van der Waals surface area contributed by atoms with Crippen molar-refractivity contribution < 1.29 is 9.37 Å². The molecule has 18 heavy (non-hydrogen) atoms. The van der Waals surface area contributed by atoms with Crippen LogP contribution in [0.1, 0.15) is 17.0 Å². The summed E-state index contributed by atoms with van der Waals surface area (Å²) in [6.45, 7) is 2.48. The molecule has 0 aliphatic carbocycles. The summed E-state index contributed by atoms with van der Waals surface area (Å²) in [5.41, 5.74) is 7.61. The van der Waals surface area contributed by atoms with Crippen molar-refractivity contribution in [2.45, 2.75) is 13.5 Å². The Hall–Kier alpha value is -2.32. The van der Waals surface area contributed by atoms with Gasteiger partial charge in [0.2, 0.25) is 0 Å². The summed E-state index contributed by atoms with van der Waals surface area (Å²) in [5.74, 6) is 6.47. The Balaban J connectivity index is 2.03. The van der Waals surface area contributed by atoms with Crippen LogP contribution in [-0.4, -0.2) is 16.9 Å². The second kappa shape index (κ2) is 5.84. The summed E-state index contributed by atoms with van der Waals surface area (Å²) in [5, 5.41) is 7.43. The molecule has 0 saturated heterocycles. The first kappa shape index (κ1) is 12.1. The van der Waals surface area contributed by atoms with Gasteiger partial charge in [-0.3, -0.25) is 0 Å². The Morgan fingerprint density at radius 1 is 1.39 bits per heavy atom. The van der Waals surface area contributed by atoms with Crippen molar-refractivity contribution in [1.29, 1.82) is 0 Å². The number of hydrogen-bond acceptors (Lipinski definition) is 5. The molecule has 0 fully saturated rings. The number of ether oxygens (including phenoxy) is 1. The Morgan fingerprint density at radius 2 is 2.28 bits per heavy atom. The molecule has 0 bridgehead atoms. The fourth-order valence-corrected chi connectivity index (χ4v) is 1.35. The molecule has 0 radical (unpaired) electrons. The zero-order valence-electron chi connectivity index (χ0n) is 10.0. The van der Waals surface area contributed by atoms with E-state index >= 15 is 0 Å². The highest BCUT2D eigenvalue weighted by Crippen LogP contribution is 2.14. The molecular weight excluding hydrogens is 230 g/mol. The van der Waals surface area contributed by atoms with Crippen molar-refractivity contribution in [3.63, 3.8) is 0 Å². The molecule has 5 nitrogen and oxygen atoms in total. The van der Waals surface area contributed by atoms with Gasteiger partial charge >= 0.3 is 0 Å². The summed E-state index contributed by atoms with van der Waals surface area (Å²) in [6.07, 6.45) is 0. The molecule has 0 atom stereocenters. The highest BCUT2D eigenvalue weighted by molar-refractivity contribution is 5.39. The van der Waals surface area contributed by atoms with Crippen LogP contribution < -0.4 is 10.5 Å². The van der Waals surface area contributed by atoms with Gasteiger partial charge < -0.3 is 10.5 Å². The third-order valence-electron chi connectivity index (χ3n) is 2.29. The number of aromatic nitrogens is 2. The molecule has 2 aromatic rings. The standard InChI is InChI=1S/C13H13N3O2/c1-10-13(16-18-15-10)9-17-12-6-2-4-11(8-12)5-3-7-14/h2,4,6,8H,7,9,14H2,1H3. The van der Waals surface area contributed by atoms with Gasteiger partial charge in [0.05, 0.1) is 6.54 Å². The minimum absolute atomic E-state index is 0.323. The zero-order valence-corrected chi connectivity index (χ0v) is 10.0. The molecule has 5 heteroatoms. The van der Waals surface area contributed by atoms with E-state index in [4.69, 9.17) is 10.5 Å². The maximum atomic E-state index is 5.59. The Morgan fingerprint density at radius 3 is 3.00 bits per heavy atom. The molecule has 92 valence electrons. The first-order valence-corrected chi connectivity index (χ1v) is 5.49. The van der Waals surface area contributed by atoms with Gasteiger partial charge in [0.25, 0.3) is 0 Å². The molecule has 2 N–H and O–H groups in total. The average Bonchev–Trinajstić information content (AvgIpc) is 2.80. The molecule has 1 aromatic carbocycles. The fraction of sp³-hybridized carbons (Fsp3) is 0.231. The van der Waals surface area contributed by atoms with E-state index in [9.17, 15) is 0 Å². The smallest absolute Gasteiger partial charge is 0.145 e. The van der Waals surface area contributed by atoms with E-state index in [2.05, 4.69) is 26.8 Å². The maximum absolute atomic E-state index is 5.59. The molecular formula is C13H13N3O2. The molecule has 2 rings (SSSR count). The van der Waals surface area contributed by atoms with Crippen molar-refractivity contribution >= 4 is 0 Å². The van der Waals surface area contributed by atoms with Gasteiger partial charge in [-0.2, -0.15) is 0 Å². The lowest BCUT2D eigenvalue weighted by atomic mass is 10.2. The van der Waals surface area contributed by atoms with Gasteiger partial charge in [0.15, 0.2) is 0 Å². The minimum atomic E-state index is 0.323. The van der Waals surface area contributed by atoms with Crippen LogP contribution in [0.4, 0.5) is 0 Å². The quantitative estimate of drug-likeness (QED) is 0.822. The Bertz CT molecular complexity index is 581. The van der Waals surface area contributed by atoms with Crippen LogP contribution in [0, 0.1) is 18.8 Å². The Kier molecular flexibility index (Phi) is 3.94. The van der Waals surface area contributed by atoms with E-state index in [0.29, 0.717) is 18.8 Å². The van der Waals surface area contributed by atoms with E-state index < -0.39 is 0 Å². The summed E-state index contributed by atoms with van der Waals surface area (Å²) < 4.78 is 10.2. The van der Waals surface area contributed by atoms with Gasteiger partial charge in [-0.05, 0) is 25.1 Å². The summed E-state index contributed by atoms with van der Waals surface area (Å²) >= 11 is 0. The lowest BCUT2D eigenvalue weighted by molar-refractivity contribution is 0.270. The van der Waals surface area contributed by atoms with Gasteiger partial charge in [-0.1, -0.05) is 28.2 Å². The predicted octanol–water partition coefficient (Wildman–Crippen LogP) is 1.27. The number of nitrogens with two attached hydrogens (primary N) is 1. The van der Waals surface area contributed by atoms with E-state index in [1.807, 2.05) is 31.2 Å². The fourth-order valence-electron chi connectivity index (χ4n) is 1.35. The lowest BCUT2D eigenvalue weighted by Crippen LogP contribution is -1.98. The molecule has 0 saturated carbocycles. The van der Waals surface area contributed by atoms with E-state index in [-0.39, 0.29) is 0 Å². The summed E-state index contributed by atoms with van der Waals surface area (Å²) in [6, 6.07) is 7.49. The SMILES string of the molecule is Cc1nonc1COc1cccc(C#CCN)c1. The van der Waals surface area contributed by atoms with Gasteiger partial charge in [0.1, 0.15) is 23.7 Å². The monoisotopic (exact) mass is 243 g/mol. The third-order valence-corrected chi connectivity index (χ3v) is 2.29. The van der Waals surface area contributed by atoms with Crippen LogP contribution in [-0.2, 0) is 6.61 Å². The number of benzene rings is 1. The largest absolute Gasteiger partial charge is 0.487 e. The van der Waals surface area contributed by atoms with Crippen molar-refractivity contribution in [2.75, 3.05) is 6.54 Å². The van der Waals surface area contributed by atoms with Crippen molar-refractivity contribution in [1.82, 2.24) is 10.3 Å². The molecule has 0 aliphatic heterocycles. The van der Waals surface area contributed by atoms with Crippen LogP contribution in [0.25, 0.3) is 0 Å². The zero-order chi connectivity index (χ0) is 12.8.